The van der Waals surface area contributed by atoms with Crippen molar-refractivity contribution in [2.75, 3.05) is 0 Å². The van der Waals surface area contributed by atoms with Crippen LogP contribution in [0.3, 0.4) is 0 Å². The van der Waals surface area contributed by atoms with Crippen molar-refractivity contribution in [1.29, 1.82) is 0 Å². The van der Waals surface area contributed by atoms with Crippen molar-refractivity contribution in [3.63, 3.8) is 0 Å². The molecule has 0 aliphatic rings. The second-order valence-electron chi connectivity index (χ2n) is 5.54. The Morgan fingerprint density at radius 3 is 2.73 bits per heavy atom. The molecular weight excluding hydrogens is 424 g/mol. The Morgan fingerprint density at radius 1 is 1.19 bits per heavy atom. The van der Waals surface area contributed by atoms with Crippen molar-refractivity contribution < 1.29 is 9.52 Å². The van der Waals surface area contributed by atoms with E-state index >= 15 is 0 Å². The van der Waals surface area contributed by atoms with E-state index in [4.69, 9.17) is 16.0 Å². The summed E-state index contributed by atoms with van der Waals surface area (Å²) in [7, 11) is 0. The van der Waals surface area contributed by atoms with Gasteiger partial charge in [0, 0.05) is 27.6 Å². The van der Waals surface area contributed by atoms with Gasteiger partial charge in [-0.25, -0.2) is 4.79 Å². The Hall–Kier alpha value is -2.71. The molecule has 0 saturated carbocycles. The zero-order valence-corrected chi connectivity index (χ0v) is 15.4. The predicted molar refractivity (Wildman–Crippen MR) is 99.2 cm³/mol. The standard InChI is InChI=1S/C17H10BrClN4O3/c18-11-3-1-9(2-4-11)17-20-22-23(21-17)8-10-5-16(25)26-15-7-14(24)13(19)6-12(10)15/h1-7,24H,8H2. The number of phenols is 1. The number of hydrogen-bond donors (Lipinski definition) is 1. The highest BCUT2D eigenvalue weighted by molar-refractivity contribution is 9.10. The molecule has 0 radical (unpaired) electrons. The Bertz CT molecular complexity index is 1170. The van der Waals surface area contributed by atoms with Gasteiger partial charge in [-0.2, -0.15) is 4.80 Å². The largest absolute Gasteiger partial charge is 0.506 e. The van der Waals surface area contributed by atoms with Crippen LogP contribution in [0, 0.1) is 0 Å². The van der Waals surface area contributed by atoms with Crippen LogP contribution in [0.25, 0.3) is 22.4 Å². The van der Waals surface area contributed by atoms with E-state index in [1.807, 2.05) is 24.3 Å². The molecule has 0 saturated heterocycles. The summed E-state index contributed by atoms with van der Waals surface area (Å²) in [6.45, 7) is 0.201. The first-order valence-corrected chi connectivity index (χ1v) is 8.66. The lowest BCUT2D eigenvalue weighted by molar-refractivity contribution is 0.473. The van der Waals surface area contributed by atoms with Crippen molar-refractivity contribution in [1.82, 2.24) is 20.2 Å². The van der Waals surface area contributed by atoms with Gasteiger partial charge in [0.05, 0.1) is 11.6 Å². The van der Waals surface area contributed by atoms with E-state index in [9.17, 15) is 9.90 Å². The molecule has 0 atom stereocenters. The highest BCUT2D eigenvalue weighted by atomic mass is 79.9. The van der Waals surface area contributed by atoms with Crippen molar-refractivity contribution in [2.24, 2.45) is 0 Å². The number of nitrogens with zero attached hydrogens (tertiary/aromatic N) is 4. The predicted octanol–water partition coefficient (Wildman–Crippen LogP) is 3.62. The maximum Gasteiger partial charge on any atom is 0.336 e. The molecule has 2 aromatic carbocycles. The van der Waals surface area contributed by atoms with Crippen LogP contribution in [-0.2, 0) is 6.54 Å². The van der Waals surface area contributed by atoms with Gasteiger partial charge < -0.3 is 9.52 Å². The molecule has 0 fully saturated rings. The van der Waals surface area contributed by atoms with E-state index < -0.39 is 5.63 Å². The molecule has 0 unspecified atom stereocenters. The average molecular weight is 434 g/mol. The van der Waals surface area contributed by atoms with Crippen LogP contribution in [-0.4, -0.2) is 25.3 Å². The Kier molecular flexibility index (Phi) is 4.21. The van der Waals surface area contributed by atoms with Crippen LogP contribution in [0.5, 0.6) is 5.75 Å². The maximum atomic E-state index is 11.8. The summed E-state index contributed by atoms with van der Waals surface area (Å²) >= 11 is 9.35. The Morgan fingerprint density at radius 2 is 1.96 bits per heavy atom. The van der Waals surface area contributed by atoms with Crippen molar-refractivity contribution in [2.45, 2.75) is 6.54 Å². The van der Waals surface area contributed by atoms with Crippen molar-refractivity contribution in [3.8, 4) is 17.1 Å². The number of aromatic hydroxyl groups is 1. The van der Waals surface area contributed by atoms with Gasteiger partial charge in [0.2, 0.25) is 5.82 Å². The maximum absolute atomic E-state index is 11.8. The van der Waals surface area contributed by atoms with Crippen LogP contribution in [0.1, 0.15) is 5.56 Å². The molecule has 7 nitrogen and oxygen atoms in total. The first-order valence-electron chi connectivity index (χ1n) is 7.48. The third kappa shape index (κ3) is 3.21. The fraction of sp³-hybridized carbons (Fsp3) is 0.0588. The fourth-order valence-corrected chi connectivity index (χ4v) is 2.97. The lowest BCUT2D eigenvalue weighted by Gasteiger charge is -2.06. The number of rotatable bonds is 3. The molecule has 0 aliphatic carbocycles. The molecule has 4 rings (SSSR count). The zero-order chi connectivity index (χ0) is 18.3. The van der Waals surface area contributed by atoms with E-state index in [1.54, 1.807) is 0 Å². The topological polar surface area (TPSA) is 94.0 Å². The third-order valence-corrected chi connectivity index (χ3v) is 4.60. The van der Waals surface area contributed by atoms with Crippen molar-refractivity contribution >= 4 is 38.5 Å². The third-order valence-electron chi connectivity index (χ3n) is 3.76. The van der Waals surface area contributed by atoms with Crippen LogP contribution >= 0.6 is 27.5 Å². The van der Waals surface area contributed by atoms with E-state index in [-0.39, 0.29) is 22.9 Å². The van der Waals surface area contributed by atoms with Gasteiger partial charge in [-0.05, 0) is 41.1 Å². The molecule has 0 amide bonds. The lowest BCUT2D eigenvalue weighted by atomic mass is 10.1. The number of phenolic OH excluding ortho intramolecular Hbond substituents is 1. The number of halogens is 2. The molecular formula is C17H10BrClN4O3. The van der Waals surface area contributed by atoms with Gasteiger partial charge >= 0.3 is 5.63 Å². The second kappa shape index (κ2) is 6.54. The fourth-order valence-electron chi connectivity index (χ4n) is 2.54. The molecule has 0 spiro atoms. The van der Waals surface area contributed by atoms with Crippen LogP contribution in [0.15, 0.2) is 56.1 Å². The summed E-state index contributed by atoms with van der Waals surface area (Å²) in [5.74, 6) is 0.316. The molecule has 130 valence electrons. The van der Waals surface area contributed by atoms with Gasteiger partial charge in [-0.1, -0.05) is 27.5 Å². The zero-order valence-electron chi connectivity index (χ0n) is 13.1. The van der Waals surface area contributed by atoms with E-state index in [1.165, 1.54) is 23.0 Å². The Labute approximate surface area is 160 Å². The van der Waals surface area contributed by atoms with Crippen LogP contribution in [0.4, 0.5) is 0 Å². The minimum Gasteiger partial charge on any atom is -0.506 e. The first-order chi connectivity index (χ1) is 12.5. The summed E-state index contributed by atoms with van der Waals surface area (Å²) in [6.07, 6.45) is 0. The van der Waals surface area contributed by atoms with Crippen molar-refractivity contribution in [3.05, 3.63) is 67.9 Å². The smallest absolute Gasteiger partial charge is 0.336 e. The Balaban J connectivity index is 1.73. The summed E-state index contributed by atoms with van der Waals surface area (Å²) in [4.78, 5) is 13.2. The summed E-state index contributed by atoms with van der Waals surface area (Å²) < 4.78 is 6.07. The van der Waals surface area contributed by atoms with Gasteiger partial charge in [0.15, 0.2) is 0 Å². The first kappa shape index (κ1) is 16.7. The quantitative estimate of drug-likeness (QED) is 0.496. The van der Waals surface area contributed by atoms with Gasteiger partial charge in [-0.3, -0.25) is 0 Å². The normalized spacial score (nSPS) is 11.2. The molecule has 2 aromatic heterocycles. The monoisotopic (exact) mass is 432 g/mol. The molecule has 0 aliphatic heterocycles. The number of fused-ring (bicyclic) bond motifs is 1. The summed E-state index contributed by atoms with van der Waals surface area (Å²) in [5, 5.41) is 22.9. The average Bonchev–Trinajstić information content (AvgIpc) is 3.06. The van der Waals surface area contributed by atoms with Gasteiger partial charge in [0.25, 0.3) is 0 Å². The van der Waals surface area contributed by atoms with E-state index in [2.05, 4.69) is 31.3 Å². The van der Waals surface area contributed by atoms with E-state index in [0.717, 1.165) is 10.0 Å². The highest BCUT2D eigenvalue weighted by Crippen LogP contribution is 2.30. The number of aromatic nitrogens is 4. The van der Waals surface area contributed by atoms with Crippen LogP contribution < -0.4 is 5.63 Å². The molecule has 26 heavy (non-hydrogen) atoms. The molecule has 0 bridgehead atoms. The van der Waals surface area contributed by atoms with Gasteiger partial charge in [0.1, 0.15) is 11.3 Å². The lowest BCUT2D eigenvalue weighted by Crippen LogP contribution is -2.08. The molecule has 1 N–H and O–H groups in total. The minimum atomic E-state index is -0.539. The summed E-state index contributed by atoms with van der Waals surface area (Å²) in [5.41, 5.74) is 1.13. The SMILES string of the molecule is O=c1cc(Cn2nnc(-c3ccc(Br)cc3)n2)c2cc(Cl)c(O)cc2o1. The van der Waals surface area contributed by atoms with Crippen LogP contribution in [0.2, 0.25) is 5.02 Å². The number of benzene rings is 2. The molecule has 4 aromatic rings. The molecule has 2 heterocycles. The van der Waals surface area contributed by atoms with Gasteiger partial charge in [-0.15, -0.1) is 10.2 Å². The minimum absolute atomic E-state index is 0.157. The molecule has 9 heteroatoms. The highest BCUT2D eigenvalue weighted by Gasteiger charge is 2.12. The summed E-state index contributed by atoms with van der Waals surface area (Å²) in [6, 6.07) is 11.7. The second-order valence-corrected chi connectivity index (χ2v) is 6.86. The number of hydrogen-bond acceptors (Lipinski definition) is 6. The number of tetrazole rings is 1. The van der Waals surface area contributed by atoms with E-state index in [0.29, 0.717) is 16.8 Å².